The van der Waals surface area contributed by atoms with E-state index in [2.05, 4.69) is 36.0 Å². The van der Waals surface area contributed by atoms with Crippen LogP contribution in [0.5, 0.6) is 0 Å². The van der Waals surface area contributed by atoms with Gasteiger partial charge in [-0.25, -0.2) is 0 Å². The third kappa shape index (κ3) is 10.0. The molecule has 1 aliphatic rings. The number of likely N-dealkylation sites (tertiary alicyclic amines) is 1. The molecule has 1 fully saturated rings. The average molecular weight is 438 g/mol. The van der Waals surface area contributed by atoms with E-state index in [9.17, 15) is 4.79 Å². The van der Waals surface area contributed by atoms with Crippen molar-refractivity contribution >= 4 is 35.8 Å². The smallest absolute Gasteiger partial charge is 0.217 e. The maximum absolute atomic E-state index is 11.1. The van der Waals surface area contributed by atoms with Crippen LogP contribution >= 0.6 is 24.0 Å². The summed E-state index contributed by atoms with van der Waals surface area (Å²) in [5, 5.41) is 3.46. The number of primary amides is 1. The van der Waals surface area contributed by atoms with Crippen LogP contribution in [-0.4, -0.2) is 43.4 Å². The van der Waals surface area contributed by atoms with Gasteiger partial charge in [0.1, 0.15) is 0 Å². The fraction of sp³-hybridized carbons (Fsp3) is 0.882. The van der Waals surface area contributed by atoms with Gasteiger partial charge in [0.25, 0.3) is 0 Å². The zero-order valence-corrected chi connectivity index (χ0v) is 17.6. The number of nitrogens with one attached hydrogen (secondary N) is 1. The minimum atomic E-state index is -0.197. The topological polar surface area (TPSA) is 70.7 Å². The number of carbonyl (C=O) groups is 1. The lowest BCUT2D eigenvalue weighted by atomic mass is 9.90. The minimum absolute atomic E-state index is 0. The van der Waals surface area contributed by atoms with Crippen LogP contribution in [0, 0.1) is 11.3 Å². The molecule has 5 nitrogen and oxygen atoms in total. The van der Waals surface area contributed by atoms with Gasteiger partial charge >= 0.3 is 0 Å². The molecule has 0 spiro atoms. The summed E-state index contributed by atoms with van der Waals surface area (Å²) in [5.41, 5.74) is 5.74. The highest BCUT2D eigenvalue weighted by atomic mass is 127. The van der Waals surface area contributed by atoms with E-state index in [0.29, 0.717) is 17.8 Å². The summed E-state index contributed by atoms with van der Waals surface area (Å²) in [4.78, 5) is 17.7. The molecule has 1 heterocycles. The van der Waals surface area contributed by atoms with E-state index in [1.165, 1.54) is 12.8 Å². The Morgan fingerprint density at radius 3 is 2.61 bits per heavy atom. The molecule has 1 saturated heterocycles. The van der Waals surface area contributed by atoms with E-state index in [-0.39, 0.29) is 29.9 Å². The van der Waals surface area contributed by atoms with Crippen molar-refractivity contribution in [2.24, 2.45) is 22.1 Å². The molecule has 0 aromatic rings. The Morgan fingerprint density at radius 2 is 2.04 bits per heavy atom. The first kappa shape index (κ1) is 22.5. The van der Waals surface area contributed by atoms with Gasteiger partial charge in [0.05, 0.1) is 0 Å². The van der Waals surface area contributed by atoms with Gasteiger partial charge in [-0.05, 0) is 37.0 Å². The predicted octanol–water partition coefficient (Wildman–Crippen LogP) is 2.98. The quantitative estimate of drug-likeness (QED) is 0.290. The second-order valence-electron chi connectivity index (χ2n) is 7.62. The van der Waals surface area contributed by atoms with E-state index >= 15 is 0 Å². The van der Waals surface area contributed by atoms with Crippen molar-refractivity contribution in [3.8, 4) is 0 Å². The first-order valence-electron chi connectivity index (χ1n) is 8.56. The Balaban J connectivity index is 0.00000484. The summed E-state index contributed by atoms with van der Waals surface area (Å²) >= 11 is 0. The van der Waals surface area contributed by atoms with Gasteiger partial charge in [-0.3, -0.25) is 9.79 Å². The molecule has 1 rings (SSSR count). The maximum atomic E-state index is 11.1. The molecule has 1 unspecified atom stereocenters. The summed E-state index contributed by atoms with van der Waals surface area (Å²) in [5.74, 6) is 1.13. The van der Waals surface area contributed by atoms with Crippen LogP contribution in [-0.2, 0) is 4.79 Å². The molecule has 136 valence electrons. The standard InChI is InChI=1S/C17H34N4O.HI/c1-17(2,3)9-5-6-10-20-16(19-4)21-11-7-8-14(13-21)12-15(18)22;/h14H,5-13H2,1-4H3,(H2,18,22)(H,19,20);1H. The fourth-order valence-corrected chi connectivity index (χ4v) is 3.02. The summed E-state index contributed by atoms with van der Waals surface area (Å²) in [7, 11) is 1.83. The number of carbonyl (C=O) groups excluding carboxylic acids is 1. The van der Waals surface area contributed by atoms with E-state index < -0.39 is 0 Å². The number of piperidine rings is 1. The highest BCUT2D eigenvalue weighted by Crippen LogP contribution is 2.21. The number of hydrogen-bond donors (Lipinski definition) is 2. The SMILES string of the molecule is CN=C(NCCCCC(C)(C)C)N1CCCC(CC(N)=O)C1.I. The molecule has 0 saturated carbocycles. The number of nitrogens with zero attached hydrogens (tertiary/aromatic N) is 2. The summed E-state index contributed by atoms with van der Waals surface area (Å²) < 4.78 is 0. The van der Waals surface area contributed by atoms with Gasteiger partial charge in [-0.2, -0.15) is 0 Å². The number of rotatable bonds is 6. The highest BCUT2D eigenvalue weighted by Gasteiger charge is 2.23. The van der Waals surface area contributed by atoms with Crippen molar-refractivity contribution in [3.63, 3.8) is 0 Å². The summed E-state index contributed by atoms with van der Waals surface area (Å²) in [6.45, 7) is 9.70. The van der Waals surface area contributed by atoms with E-state index in [0.717, 1.165) is 44.9 Å². The van der Waals surface area contributed by atoms with E-state index in [4.69, 9.17) is 5.73 Å². The molecule has 1 amide bonds. The molecular formula is C17H35IN4O. The zero-order valence-electron chi connectivity index (χ0n) is 15.2. The molecule has 0 aromatic heterocycles. The number of unbranched alkanes of at least 4 members (excludes halogenated alkanes) is 1. The highest BCUT2D eigenvalue weighted by molar-refractivity contribution is 14.0. The van der Waals surface area contributed by atoms with Crippen molar-refractivity contribution in [2.75, 3.05) is 26.7 Å². The van der Waals surface area contributed by atoms with Gasteiger partial charge in [0.15, 0.2) is 5.96 Å². The molecule has 0 aliphatic carbocycles. The third-order valence-corrected chi connectivity index (χ3v) is 4.16. The van der Waals surface area contributed by atoms with Gasteiger partial charge in [0, 0.05) is 33.1 Å². The number of halogens is 1. The molecule has 3 N–H and O–H groups in total. The Labute approximate surface area is 158 Å². The number of nitrogens with two attached hydrogens (primary N) is 1. The minimum Gasteiger partial charge on any atom is -0.370 e. The number of hydrogen-bond acceptors (Lipinski definition) is 2. The van der Waals surface area contributed by atoms with E-state index in [1.807, 2.05) is 7.05 Å². The van der Waals surface area contributed by atoms with Crippen molar-refractivity contribution in [3.05, 3.63) is 0 Å². The van der Waals surface area contributed by atoms with E-state index in [1.54, 1.807) is 0 Å². The predicted molar refractivity (Wildman–Crippen MR) is 108 cm³/mol. The van der Waals surface area contributed by atoms with Gasteiger partial charge in [0.2, 0.25) is 5.91 Å². The van der Waals surface area contributed by atoms with Crippen molar-refractivity contribution < 1.29 is 4.79 Å². The lowest BCUT2D eigenvalue weighted by Gasteiger charge is -2.34. The van der Waals surface area contributed by atoms with Crippen LogP contribution in [0.15, 0.2) is 4.99 Å². The molecule has 1 aliphatic heterocycles. The van der Waals surface area contributed by atoms with Gasteiger partial charge < -0.3 is 16.0 Å². The molecule has 6 heteroatoms. The first-order chi connectivity index (χ1) is 10.3. The molecule has 0 radical (unpaired) electrons. The fourth-order valence-electron chi connectivity index (χ4n) is 3.02. The zero-order chi connectivity index (χ0) is 16.6. The molecule has 0 bridgehead atoms. The second-order valence-corrected chi connectivity index (χ2v) is 7.62. The number of amides is 1. The van der Waals surface area contributed by atoms with Crippen LogP contribution in [0.2, 0.25) is 0 Å². The Hall–Kier alpha value is -0.530. The largest absolute Gasteiger partial charge is 0.370 e. The Kier molecular flexibility index (Phi) is 10.8. The second kappa shape index (κ2) is 11.1. The summed E-state index contributed by atoms with van der Waals surface area (Å²) in [6, 6.07) is 0. The lowest BCUT2D eigenvalue weighted by molar-refractivity contribution is -0.119. The molecule has 23 heavy (non-hydrogen) atoms. The van der Waals surface area contributed by atoms with Crippen LogP contribution in [0.3, 0.4) is 0 Å². The summed E-state index contributed by atoms with van der Waals surface area (Å²) in [6.07, 6.45) is 6.31. The Morgan fingerprint density at radius 1 is 1.35 bits per heavy atom. The van der Waals surface area contributed by atoms with Crippen molar-refractivity contribution in [1.82, 2.24) is 10.2 Å². The maximum Gasteiger partial charge on any atom is 0.217 e. The lowest BCUT2D eigenvalue weighted by Crippen LogP contribution is -2.47. The normalized spacial score (nSPS) is 19.2. The van der Waals surface area contributed by atoms with Crippen LogP contribution in [0.25, 0.3) is 0 Å². The number of guanidine groups is 1. The Bertz CT molecular complexity index is 379. The number of aliphatic imine (C=N–C) groups is 1. The van der Waals surface area contributed by atoms with Crippen molar-refractivity contribution in [1.29, 1.82) is 0 Å². The van der Waals surface area contributed by atoms with Crippen molar-refractivity contribution in [2.45, 2.75) is 59.3 Å². The van der Waals surface area contributed by atoms with Crippen LogP contribution in [0.4, 0.5) is 0 Å². The first-order valence-corrected chi connectivity index (χ1v) is 8.56. The molecule has 0 aromatic carbocycles. The monoisotopic (exact) mass is 438 g/mol. The molecular weight excluding hydrogens is 403 g/mol. The van der Waals surface area contributed by atoms with Crippen LogP contribution in [0.1, 0.15) is 59.3 Å². The van der Waals surface area contributed by atoms with Gasteiger partial charge in [-0.15, -0.1) is 24.0 Å². The average Bonchev–Trinajstić information content (AvgIpc) is 2.41. The molecule has 1 atom stereocenters. The third-order valence-electron chi connectivity index (χ3n) is 4.16. The van der Waals surface area contributed by atoms with Gasteiger partial charge in [-0.1, -0.05) is 27.2 Å². The van der Waals surface area contributed by atoms with Crippen LogP contribution < -0.4 is 11.1 Å².